The van der Waals surface area contributed by atoms with Gasteiger partial charge in [-0.25, -0.2) is 4.79 Å². The smallest absolute Gasteiger partial charge is 0.333 e. The highest BCUT2D eigenvalue weighted by Crippen LogP contribution is 2.17. The molecule has 0 radical (unpaired) electrons. The molecule has 0 aliphatic heterocycles. The minimum atomic E-state index is -0.107. The molecule has 0 heterocycles. The molecule has 2 nitrogen and oxygen atoms in total. The zero-order valence-electron chi connectivity index (χ0n) is 8.34. The lowest BCUT2D eigenvalue weighted by Crippen LogP contribution is -2.08. The van der Waals surface area contributed by atoms with Gasteiger partial charge in [0, 0.05) is 5.57 Å². The van der Waals surface area contributed by atoms with Gasteiger partial charge in [0.15, 0.2) is 0 Å². The molecule has 0 N–H and O–H groups in total. The van der Waals surface area contributed by atoms with E-state index in [1.54, 1.807) is 0 Å². The lowest BCUT2D eigenvalue weighted by Gasteiger charge is -2.09. The molecule has 0 aromatic carbocycles. The molecule has 0 aromatic heterocycles. The van der Waals surface area contributed by atoms with Crippen molar-refractivity contribution in [2.45, 2.75) is 45.4 Å². The van der Waals surface area contributed by atoms with Crippen molar-refractivity contribution in [3.8, 4) is 0 Å². The van der Waals surface area contributed by atoms with E-state index < -0.39 is 0 Å². The average molecular weight is 182 g/mol. The van der Waals surface area contributed by atoms with E-state index in [0.717, 1.165) is 24.8 Å². The van der Waals surface area contributed by atoms with Crippen molar-refractivity contribution in [2.75, 3.05) is 6.61 Å². The fraction of sp³-hybridized carbons (Fsp3) is 0.727. The van der Waals surface area contributed by atoms with E-state index in [2.05, 4.69) is 6.08 Å². The van der Waals surface area contributed by atoms with Crippen molar-refractivity contribution in [2.24, 2.45) is 0 Å². The number of rotatable bonds is 2. The number of carbonyl (C=O) groups is 1. The number of carbonyl (C=O) groups excluding carboxylic acids is 1. The zero-order valence-corrected chi connectivity index (χ0v) is 8.34. The summed E-state index contributed by atoms with van der Waals surface area (Å²) >= 11 is 0. The Morgan fingerprint density at radius 3 is 2.92 bits per heavy atom. The van der Waals surface area contributed by atoms with Gasteiger partial charge in [0.1, 0.15) is 0 Å². The third-order valence-corrected chi connectivity index (χ3v) is 2.33. The number of allylic oxidation sites excluding steroid dienone is 1. The Balaban J connectivity index is 2.48. The number of ether oxygens (including phenoxy) is 1. The molecule has 0 fully saturated rings. The molecule has 0 saturated heterocycles. The molecule has 0 aromatic rings. The molecule has 0 saturated carbocycles. The topological polar surface area (TPSA) is 26.3 Å². The van der Waals surface area contributed by atoms with Crippen molar-refractivity contribution in [1.29, 1.82) is 0 Å². The van der Waals surface area contributed by atoms with Crippen LogP contribution in [0.2, 0.25) is 0 Å². The second-order valence-corrected chi connectivity index (χ2v) is 3.40. The summed E-state index contributed by atoms with van der Waals surface area (Å²) in [4.78, 5) is 11.4. The Bertz CT molecular complexity index is 194. The first-order valence-corrected chi connectivity index (χ1v) is 5.20. The number of hydrogen-bond acceptors (Lipinski definition) is 2. The van der Waals surface area contributed by atoms with E-state index in [1.807, 2.05) is 6.92 Å². The second kappa shape index (κ2) is 5.79. The highest BCUT2D eigenvalue weighted by Gasteiger charge is 2.10. The van der Waals surface area contributed by atoms with Crippen molar-refractivity contribution in [3.05, 3.63) is 11.6 Å². The number of hydrogen-bond donors (Lipinski definition) is 0. The summed E-state index contributed by atoms with van der Waals surface area (Å²) in [6, 6.07) is 0. The van der Waals surface area contributed by atoms with Crippen molar-refractivity contribution < 1.29 is 9.53 Å². The summed E-state index contributed by atoms with van der Waals surface area (Å²) in [7, 11) is 0. The van der Waals surface area contributed by atoms with E-state index in [9.17, 15) is 4.79 Å². The molecule has 0 amide bonds. The van der Waals surface area contributed by atoms with Crippen LogP contribution in [0.15, 0.2) is 11.6 Å². The molecule has 1 rings (SSSR count). The Morgan fingerprint density at radius 2 is 2.15 bits per heavy atom. The quantitative estimate of drug-likeness (QED) is 0.614. The van der Waals surface area contributed by atoms with E-state index in [1.165, 1.54) is 19.3 Å². The first-order valence-electron chi connectivity index (χ1n) is 5.20. The van der Waals surface area contributed by atoms with Crippen LogP contribution in [0.5, 0.6) is 0 Å². The summed E-state index contributed by atoms with van der Waals surface area (Å²) in [5.74, 6) is -0.107. The highest BCUT2D eigenvalue weighted by molar-refractivity contribution is 5.88. The molecule has 74 valence electrons. The minimum Gasteiger partial charge on any atom is -0.463 e. The summed E-state index contributed by atoms with van der Waals surface area (Å²) in [5.41, 5.74) is 0.890. The van der Waals surface area contributed by atoms with Gasteiger partial charge in [-0.2, -0.15) is 0 Å². The Hall–Kier alpha value is -0.790. The summed E-state index contributed by atoms with van der Waals surface area (Å²) < 4.78 is 4.97. The third kappa shape index (κ3) is 3.62. The van der Waals surface area contributed by atoms with Crippen LogP contribution in [-0.2, 0) is 9.53 Å². The summed E-state index contributed by atoms with van der Waals surface area (Å²) in [5, 5.41) is 0. The first kappa shape index (κ1) is 10.3. The van der Waals surface area contributed by atoms with E-state index in [-0.39, 0.29) is 5.97 Å². The molecule has 1 aliphatic carbocycles. The van der Waals surface area contributed by atoms with Gasteiger partial charge in [0.05, 0.1) is 6.61 Å². The number of esters is 1. The van der Waals surface area contributed by atoms with E-state index >= 15 is 0 Å². The predicted molar refractivity (Wildman–Crippen MR) is 52.4 cm³/mol. The van der Waals surface area contributed by atoms with Crippen LogP contribution in [0.25, 0.3) is 0 Å². The third-order valence-electron chi connectivity index (χ3n) is 2.33. The monoisotopic (exact) mass is 182 g/mol. The second-order valence-electron chi connectivity index (χ2n) is 3.40. The molecule has 0 atom stereocenters. The molecular weight excluding hydrogens is 164 g/mol. The molecule has 0 spiro atoms. The van der Waals surface area contributed by atoms with E-state index in [0.29, 0.717) is 6.61 Å². The van der Waals surface area contributed by atoms with Gasteiger partial charge in [-0.1, -0.05) is 18.9 Å². The van der Waals surface area contributed by atoms with Crippen LogP contribution >= 0.6 is 0 Å². The maximum absolute atomic E-state index is 11.4. The van der Waals surface area contributed by atoms with Crippen LogP contribution in [0.4, 0.5) is 0 Å². The van der Waals surface area contributed by atoms with Crippen LogP contribution < -0.4 is 0 Å². The maximum atomic E-state index is 11.4. The van der Waals surface area contributed by atoms with Crippen LogP contribution in [0.1, 0.15) is 45.4 Å². The minimum absolute atomic E-state index is 0.107. The lowest BCUT2D eigenvalue weighted by atomic mass is 10.0. The fourth-order valence-corrected chi connectivity index (χ4v) is 1.60. The molecular formula is C11H18O2. The highest BCUT2D eigenvalue weighted by atomic mass is 16.5. The Morgan fingerprint density at radius 1 is 1.38 bits per heavy atom. The molecule has 0 unspecified atom stereocenters. The van der Waals surface area contributed by atoms with Crippen molar-refractivity contribution in [1.82, 2.24) is 0 Å². The molecule has 1 aliphatic rings. The van der Waals surface area contributed by atoms with Gasteiger partial charge in [-0.05, 0) is 32.6 Å². The van der Waals surface area contributed by atoms with Crippen molar-refractivity contribution in [3.63, 3.8) is 0 Å². The van der Waals surface area contributed by atoms with Gasteiger partial charge in [-0.3, -0.25) is 0 Å². The Kier molecular flexibility index (Phi) is 4.58. The normalized spacial score (nSPS) is 22.4. The molecule has 13 heavy (non-hydrogen) atoms. The lowest BCUT2D eigenvalue weighted by molar-refractivity contribution is -0.138. The zero-order chi connectivity index (χ0) is 9.52. The van der Waals surface area contributed by atoms with Gasteiger partial charge >= 0.3 is 5.97 Å². The molecule has 2 heteroatoms. The van der Waals surface area contributed by atoms with Crippen molar-refractivity contribution >= 4 is 5.97 Å². The summed E-state index contributed by atoms with van der Waals surface area (Å²) in [6.45, 7) is 2.33. The van der Waals surface area contributed by atoms with Gasteiger partial charge in [0.25, 0.3) is 0 Å². The van der Waals surface area contributed by atoms with Crippen LogP contribution in [-0.4, -0.2) is 12.6 Å². The predicted octanol–water partition coefficient (Wildman–Crippen LogP) is 2.83. The standard InChI is InChI=1S/C11H18O2/c1-2-13-11(12)10-8-6-4-3-5-7-9-10/h8H,2-7,9H2,1H3/b10-8+. The fourth-order valence-electron chi connectivity index (χ4n) is 1.60. The van der Waals surface area contributed by atoms with Gasteiger partial charge in [0.2, 0.25) is 0 Å². The maximum Gasteiger partial charge on any atom is 0.333 e. The van der Waals surface area contributed by atoms with Crippen LogP contribution in [0.3, 0.4) is 0 Å². The SMILES string of the molecule is CCOC(=O)/C1=C/CCCCCC1. The van der Waals surface area contributed by atoms with Crippen LogP contribution in [0, 0.1) is 0 Å². The first-order chi connectivity index (χ1) is 6.34. The summed E-state index contributed by atoms with van der Waals surface area (Å²) in [6.07, 6.45) is 8.88. The Labute approximate surface area is 80.0 Å². The largest absolute Gasteiger partial charge is 0.463 e. The van der Waals surface area contributed by atoms with Gasteiger partial charge in [-0.15, -0.1) is 0 Å². The van der Waals surface area contributed by atoms with Gasteiger partial charge < -0.3 is 4.74 Å². The average Bonchev–Trinajstić information content (AvgIpc) is 2.03. The van der Waals surface area contributed by atoms with E-state index in [4.69, 9.17) is 4.74 Å². The molecule has 0 bridgehead atoms.